The molecule has 1 aromatic rings. The summed E-state index contributed by atoms with van der Waals surface area (Å²) in [6.45, 7) is 9.78. The van der Waals surface area contributed by atoms with Crippen LogP contribution in [-0.2, 0) is 9.59 Å². The first-order valence-corrected chi connectivity index (χ1v) is 11.5. The molecule has 1 N–H and O–H groups in total. The number of piperazine rings is 1. The number of benzene rings is 1. The fourth-order valence-corrected chi connectivity index (χ4v) is 4.69. The van der Waals surface area contributed by atoms with E-state index in [2.05, 4.69) is 28.1 Å². The van der Waals surface area contributed by atoms with Crippen molar-refractivity contribution < 1.29 is 9.59 Å². The Balaban J connectivity index is 1.45. The number of nitrogens with one attached hydrogen (secondary N) is 1. The highest BCUT2D eigenvalue weighted by atomic mass is 16.2. The van der Waals surface area contributed by atoms with Crippen molar-refractivity contribution in [1.29, 1.82) is 0 Å². The van der Waals surface area contributed by atoms with Crippen molar-refractivity contribution in [2.75, 3.05) is 45.1 Å². The second-order valence-corrected chi connectivity index (χ2v) is 9.02. The minimum Gasteiger partial charge on any atom is -0.341 e. The Kier molecular flexibility index (Phi) is 7.89. The normalized spacial score (nSPS) is 20.0. The summed E-state index contributed by atoms with van der Waals surface area (Å²) in [5.74, 6) is 0.265. The monoisotopic (exact) mass is 414 g/mol. The number of nitrogens with zero attached hydrogens (tertiary/aromatic N) is 3. The maximum atomic E-state index is 13.0. The van der Waals surface area contributed by atoms with Crippen LogP contribution in [0.25, 0.3) is 0 Å². The van der Waals surface area contributed by atoms with E-state index < -0.39 is 0 Å². The van der Waals surface area contributed by atoms with Gasteiger partial charge in [-0.3, -0.25) is 19.4 Å². The topological polar surface area (TPSA) is 55.9 Å². The smallest absolute Gasteiger partial charge is 0.239 e. The lowest BCUT2D eigenvalue weighted by Crippen LogP contribution is -2.56. The molecule has 1 aromatic carbocycles. The molecular formula is C24H38N4O2. The Labute approximate surface area is 181 Å². The van der Waals surface area contributed by atoms with Gasteiger partial charge in [-0.25, -0.2) is 0 Å². The average molecular weight is 415 g/mol. The molecule has 166 valence electrons. The van der Waals surface area contributed by atoms with Crippen LogP contribution in [-0.4, -0.2) is 78.4 Å². The van der Waals surface area contributed by atoms with Crippen molar-refractivity contribution in [2.45, 2.75) is 65.0 Å². The molecule has 1 saturated carbocycles. The predicted molar refractivity (Wildman–Crippen MR) is 122 cm³/mol. The van der Waals surface area contributed by atoms with E-state index in [0.717, 1.165) is 50.3 Å². The summed E-state index contributed by atoms with van der Waals surface area (Å²) in [5.41, 5.74) is 3.19. The second kappa shape index (κ2) is 10.4. The highest BCUT2D eigenvalue weighted by molar-refractivity contribution is 5.93. The number of hydrogen-bond acceptors (Lipinski definition) is 4. The zero-order chi connectivity index (χ0) is 21.7. The number of aryl methyl sites for hydroxylation is 1. The van der Waals surface area contributed by atoms with Crippen LogP contribution >= 0.6 is 0 Å². The van der Waals surface area contributed by atoms with Crippen LogP contribution < -0.4 is 5.32 Å². The lowest BCUT2D eigenvalue weighted by atomic mass is 9.94. The quantitative estimate of drug-likeness (QED) is 0.777. The van der Waals surface area contributed by atoms with Crippen LogP contribution in [0.3, 0.4) is 0 Å². The molecular weight excluding hydrogens is 376 g/mol. The first-order valence-electron chi connectivity index (χ1n) is 11.5. The molecule has 0 aromatic heterocycles. The maximum absolute atomic E-state index is 13.0. The highest BCUT2D eigenvalue weighted by Gasteiger charge is 2.31. The van der Waals surface area contributed by atoms with Crippen LogP contribution in [0.2, 0.25) is 0 Å². The summed E-state index contributed by atoms with van der Waals surface area (Å²) >= 11 is 0. The SMILES string of the molecule is Cc1cccc(NC(=O)CN2CCN([C@H](C)C(=O)N(C)C3CCCCC3)CC2)c1C. The number of likely N-dealkylation sites (N-methyl/N-ethyl adjacent to an activating group) is 1. The molecule has 0 radical (unpaired) electrons. The van der Waals surface area contributed by atoms with Crippen molar-refractivity contribution in [2.24, 2.45) is 0 Å². The van der Waals surface area contributed by atoms with Gasteiger partial charge in [0.2, 0.25) is 11.8 Å². The van der Waals surface area contributed by atoms with Gasteiger partial charge in [0.15, 0.2) is 0 Å². The van der Waals surface area contributed by atoms with Gasteiger partial charge in [0.25, 0.3) is 0 Å². The molecule has 2 fully saturated rings. The number of carbonyl (C=O) groups is 2. The Morgan fingerprint density at radius 1 is 1.10 bits per heavy atom. The Bertz CT molecular complexity index is 737. The van der Waals surface area contributed by atoms with E-state index in [1.165, 1.54) is 24.8 Å². The Morgan fingerprint density at radius 3 is 2.43 bits per heavy atom. The molecule has 6 nitrogen and oxygen atoms in total. The number of anilines is 1. The fourth-order valence-electron chi connectivity index (χ4n) is 4.69. The van der Waals surface area contributed by atoms with Crippen molar-refractivity contribution in [3.05, 3.63) is 29.3 Å². The number of carbonyl (C=O) groups excluding carboxylic acids is 2. The zero-order valence-electron chi connectivity index (χ0n) is 19.1. The molecule has 30 heavy (non-hydrogen) atoms. The Morgan fingerprint density at radius 2 is 1.77 bits per heavy atom. The lowest BCUT2D eigenvalue weighted by Gasteiger charge is -2.40. The van der Waals surface area contributed by atoms with Crippen LogP contribution in [0.1, 0.15) is 50.2 Å². The van der Waals surface area contributed by atoms with E-state index in [4.69, 9.17) is 0 Å². The van der Waals surface area contributed by atoms with E-state index in [-0.39, 0.29) is 17.9 Å². The molecule has 6 heteroatoms. The summed E-state index contributed by atoms with van der Waals surface area (Å²) in [5, 5.41) is 3.05. The number of hydrogen-bond donors (Lipinski definition) is 1. The van der Waals surface area contributed by atoms with Gasteiger partial charge in [-0.15, -0.1) is 0 Å². The third-order valence-electron chi connectivity index (χ3n) is 7.03. The van der Waals surface area contributed by atoms with Gasteiger partial charge in [-0.1, -0.05) is 31.4 Å². The molecule has 2 amide bonds. The average Bonchev–Trinajstić information content (AvgIpc) is 2.76. The second-order valence-electron chi connectivity index (χ2n) is 9.02. The summed E-state index contributed by atoms with van der Waals surface area (Å²) < 4.78 is 0. The van der Waals surface area contributed by atoms with Crippen LogP contribution in [0, 0.1) is 13.8 Å². The number of rotatable bonds is 6. The van der Waals surface area contributed by atoms with E-state index in [1.54, 1.807) is 0 Å². The third-order valence-corrected chi connectivity index (χ3v) is 7.03. The Hall–Kier alpha value is -1.92. The van der Waals surface area contributed by atoms with Gasteiger partial charge >= 0.3 is 0 Å². The van der Waals surface area contributed by atoms with Crippen molar-refractivity contribution in [3.8, 4) is 0 Å². The molecule has 0 spiro atoms. The third kappa shape index (κ3) is 5.61. The molecule has 1 heterocycles. The van der Waals surface area contributed by atoms with E-state index in [9.17, 15) is 9.59 Å². The van der Waals surface area contributed by atoms with Crippen molar-refractivity contribution in [1.82, 2.24) is 14.7 Å². The van der Waals surface area contributed by atoms with Gasteiger partial charge in [0, 0.05) is 45.0 Å². The zero-order valence-corrected chi connectivity index (χ0v) is 19.1. The summed E-state index contributed by atoms with van der Waals surface area (Å²) in [4.78, 5) is 31.9. The van der Waals surface area contributed by atoms with Gasteiger partial charge in [-0.2, -0.15) is 0 Å². The van der Waals surface area contributed by atoms with Gasteiger partial charge in [0.05, 0.1) is 12.6 Å². The number of amides is 2. The maximum Gasteiger partial charge on any atom is 0.239 e. The largest absolute Gasteiger partial charge is 0.341 e. The van der Waals surface area contributed by atoms with Gasteiger partial charge in [-0.05, 0) is 50.8 Å². The van der Waals surface area contributed by atoms with Crippen molar-refractivity contribution >= 4 is 17.5 Å². The summed E-state index contributed by atoms with van der Waals surface area (Å²) in [7, 11) is 1.97. The summed E-state index contributed by atoms with van der Waals surface area (Å²) in [6.07, 6.45) is 6.04. The van der Waals surface area contributed by atoms with Gasteiger partial charge < -0.3 is 10.2 Å². The van der Waals surface area contributed by atoms with Crippen LogP contribution in [0.5, 0.6) is 0 Å². The molecule has 0 bridgehead atoms. The standard InChI is InChI=1S/C24H38N4O2/c1-18-9-8-12-22(19(18)2)25-23(29)17-27-13-15-28(16-14-27)20(3)24(30)26(4)21-10-6-5-7-11-21/h8-9,12,20-21H,5-7,10-11,13-17H2,1-4H3,(H,25,29)/t20-/m1/s1. The predicted octanol–water partition coefficient (Wildman–Crippen LogP) is 3.04. The molecule has 1 saturated heterocycles. The van der Waals surface area contributed by atoms with E-state index in [0.29, 0.717) is 12.6 Å². The summed E-state index contributed by atoms with van der Waals surface area (Å²) in [6, 6.07) is 6.29. The first kappa shape index (κ1) is 22.8. The molecule has 1 aliphatic carbocycles. The first-order chi connectivity index (χ1) is 14.4. The lowest BCUT2D eigenvalue weighted by molar-refractivity contribution is -0.138. The van der Waals surface area contributed by atoms with E-state index in [1.807, 2.05) is 37.9 Å². The highest BCUT2D eigenvalue weighted by Crippen LogP contribution is 2.23. The fraction of sp³-hybridized carbons (Fsp3) is 0.667. The molecule has 0 unspecified atom stereocenters. The minimum absolute atomic E-state index is 0.0262. The van der Waals surface area contributed by atoms with Crippen LogP contribution in [0.4, 0.5) is 5.69 Å². The molecule has 2 aliphatic rings. The molecule has 3 rings (SSSR count). The van der Waals surface area contributed by atoms with E-state index >= 15 is 0 Å². The molecule has 1 atom stereocenters. The molecule has 1 aliphatic heterocycles. The van der Waals surface area contributed by atoms with Crippen LogP contribution in [0.15, 0.2) is 18.2 Å². The van der Waals surface area contributed by atoms with Gasteiger partial charge in [0.1, 0.15) is 0 Å². The van der Waals surface area contributed by atoms with Crippen molar-refractivity contribution in [3.63, 3.8) is 0 Å². The minimum atomic E-state index is -0.0946.